The van der Waals surface area contributed by atoms with E-state index in [1.54, 1.807) is 18.2 Å². The van der Waals surface area contributed by atoms with Gasteiger partial charge in [0.2, 0.25) is 0 Å². The van der Waals surface area contributed by atoms with E-state index in [1.807, 2.05) is 0 Å². The predicted octanol–water partition coefficient (Wildman–Crippen LogP) is 2.35. The average molecular weight is 297 g/mol. The maximum absolute atomic E-state index is 12.1. The zero-order chi connectivity index (χ0) is 13.8. The number of aliphatic carboxylic acids is 1. The number of carbonyl (C=O) groups excluding carboxylic acids is 1. The normalized spacial score (nSPS) is 17.5. The molecule has 1 N–H and O–H groups in total. The molecule has 100 valence electrons. The Bertz CT molecular complexity index is 536. The molecule has 0 aromatic carbocycles. The van der Waals surface area contributed by atoms with Crippen molar-refractivity contribution < 1.29 is 19.1 Å². The lowest BCUT2D eigenvalue weighted by Crippen LogP contribution is -2.29. The van der Waals surface area contributed by atoms with E-state index in [0.717, 1.165) is 0 Å². The molecule has 7 heteroatoms. The lowest BCUT2D eigenvalue weighted by Gasteiger charge is -2.12. The Balaban J connectivity index is 2.02. The number of thioether (sulfide) groups is 1. The van der Waals surface area contributed by atoms with Gasteiger partial charge in [0, 0.05) is 19.0 Å². The van der Waals surface area contributed by atoms with Crippen LogP contribution in [0.25, 0.3) is 6.08 Å². The Hall–Kier alpha value is -1.60. The van der Waals surface area contributed by atoms with Gasteiger partial charge in [-0.2, -0.15) is 0 Å². The molecule has 0 unspecified atom stereocenters. The van der Waals surface area contributed by atoms with E-state index in [-0.39, 0.29) is 12.3 Å². The summed E-state index contributed by atoms with van der Waals surface area (Å²) in [6.45, 7) is 0.326. The quantitative estimate of drug-likeness (QED) is 0.664. The van der Waals surface area contributed by atoms with Crippen LogP contribution in [0, 0.1) is 0 Å². The van der Waals surface area contributed by atoms with Crippen LogP contribution in [0.1, 0.15) is 18.6 Å². The van der Waals surface area contributed by atoms with Crippen LogP contribution in [0.3, 0.4) is 0 Å². The Kier molecular flexibility index (Phi) is 4.39. The van der Waals surface area contributed by atoms with Crippen LogP contribution >= 0.6 is 24.0 Å². The van der Waals surface area contributed by atoms with Crippen LogP contribution in [0.2, 0.25) is 0 Å². The third kappa shape index (κ3) is 3.45. The highest BCUT2D eigenvalue weighted by atomic mass is 32.2. The summed E-state index contributed by atoms with van der Waals surface area (Å²) in [5.74, 6) is -0.487. The molecule has 2 rings (SSSR count). The number of hydrogen-bond donors (Lipinski definition) is 1. The summed E-state index contributed by atoms with van der Waals surface area (Å²) in [6, 6.07) is 3.48. The van der Waals surface area contributed by atoms with Crippen molar-refractivity contribution in [1.82, 2.24) is 4.90 Å². The SMILES string of the molecule is O=C(O)CCCN1C(=O)/C(=C/c2ccco2)SC1=S. The molecule has 0 spiro atoms. The zero-order valence-electron chi connectivity index (χ0n) is 9.87. The van der Waals surface area contributed by atoms with Crippen molar-refractivity contribution in [3.63, 3.8) is 0 Å². The number of carboxylic acid groups (broad SMARTS) is 1. The molecule has 0 bridgehead atoms. The average Bonchev–Trinajstić information content (AvgIpc) is 2.93. The van der Waals surface area contributed by atoms with Crippen molar-refractivity contribution in [3.05, 3.63) is 29.1 Å². The molecule has 1 aliphatic rings. The highest BCUT2D eigenvalue weighted by molar-refractivity contribution is 8.26. The lowest BCUT2D eigenvalue weighted by molar-refractivity contribution is -0.137. The lowest BCUT2D eigenvalue weighted by atomic mass is 10.3. The topological polar surface area (TPSA) is 70.8 Å². The summed E-state index contributed by atoms with van der Waals surface area (Å²) in [7, 11) is 0. The van der Waals surface area contributed by atoms with Crippen molar-refractivity contribution in [2.24, 2.45) is 0 Å². The standard InChI is InChI=1S/C12H11NO4S2/c14-10(15)4-1-5-13-11(16)9(19-12(13)18)7-8-3-2-6-17-8/h2-3,6-7H,1,4-5H2,(H,14,15)/b9-7-. The van der Waals surface area contributed by atoms with E-state index in [1.165, 1.54) is 22.9 Å². The van der Waals surface area contributed by atoms with E-state index >= 15 is 0 Å². The van der Waals surface area contributed by atoms with Gasteiger partial charge in [0.05, 0.1) is 11.2 Å². The maximum atomic E-state index is 12.1. The van der Waals surface area contributed by atoms with Gasteiger partial charge in [-0.3, -0.25) is 14.5 Å². The zero-order valence-corrected chi connectivity index (χ0v) is 11.5. The summed E-state index contributed by atoms with van der Waals surface area (Å²) in [5.41, 5.74) is 0. The van der Waals surface area contributed by atoms with Gasteiger partial charge in [0.25, 0.3) is 5.91 Å². The Morgan fingerprint density at radius 3 is 3.00 bits per heavy atom. The molecule has 0 saturated carbocycles. The molecule has 0 atom stereocenters. The minimum absolute atomic E-state index is 0.0221. The van der Waals surface area contributed by atoms with Crippen molar-refractivity contribution in [2.75, 3.05) is 6.54 Å². The summed E-state index contributed by atoms with van der Waals surface area (Å²) in [5, 5.41) is 8.58. The Labute approximate surface area is 119 Å². The molecule has 5 nitrogen and oxygen atoms in total. The van der Waals surface area contributed by atoms with Gasteiger partial charge in [-0.15, -0.1) is 0 Å². The number of rotatable bonds is 5. The second kappa shape index (κ2) is 6.03. The maximum Gasteiger partial charge on any atom is 0.303 e. The number of carbonyl (C=O) groups is 2. The smallest absolute Gasteiger partial charge is 0.303 e. The van der Waals surface area contributed by atoms with Gasteiger partial charge in [0.1, 0.15) is 10.1 Å². The molecule has 19 heavy (non-hydrogen) atoms. The van der Waals surface area contributed by atoms with Crippen molar-refractivity contribution in [3.8, 4) is 0 Å². The molecule has 1 amide bonds. The number of thiocarbonyl (C=S) groups is 1. The highest BCUT2D eigenvalue weighted by Crippen LogP contribution is 2.32. The van der Waals surface area contributed by atoms with Crippen LogP contribution < -0.4 is 0 Å². The molecule has 1 aromatic rings. The summed E-state index contributed by atoms with van der Waals surface area (Å²) >= 11 is 6.32. The fraction of sp³-hybridized carbons (Fsp3) is 0.250. The van der Waals surface area contributed by atoms with Gasteiger partial charge in [-0.1, -0.05) is 24.0 Å². The minimum Gasteiger partial charge on any atom is -0.481 e. The van der Waals surface area contributed by atoms with Gasteiger partial charge < -0.3 is 9.52 Å². The van der Waals surface area contributed by atoms with Gasteiger partial charge in [-0.25, -0.2) is 0 Å². The van der Waals surface area contributed by atoms with Crippen LogP contribution in [0.5, 0.6) is 0 Å². The Morgan fingerprint density at radius 2 is 2.37 bits per heavy atom. The van der Waals surface area contributed by atoms with Crippen LogP contribution in [-0.2, 0) is 9.59 Å². The van der Waals surface area contributed by atoms with E-state index < -0.39 is 5.97 Å². The fourth-order valence-electron chi connectivity index (χ4n) is 1.58. The molecular weight excluding hydrogens is 286 g/mol. The third-order valence-corrected chi connectivity index (χ3v) is 3.84. The number of amides is 1. The molecule has 1 aromatic heterocycles. The molecule has 0 aliphatic carbocycles. The number of hydrogen-bond acceptors (Lipinski definition) is 5. The monoisotopic (exact) mass is 297 g/mol. The summed E-state index contributed by atoms with van der Waals surface area (Å²) in [4.78, 5) is 24.4. The van der Waals surface area contributed by atoms with Crippen LogP contribution in [-0.4, -0.2) is 32.7 Å². The van der Waals surface area contributed by atoms with Crippen LogP contribution in [0.15, 0.2) is 27.7 Å². The summed E-state index contributed by atoms with van der Waals surface area (Å²) in [6.07, 6.45) is 3.57. The minimum atomic E-state index is -0.878. The van der Waals surface area contributed by atoms with Gasteiger partial charge in [0.15, 0.2) is 0 Å². The predicted molar refractivity (Wildman–Crippen MR) is 75.5 cm³/mol. The van der Waals surface area contributed by atoms with E-state index in [4.69, 9.17) is 21.7 Å². The van der Waals surface area contributed by atoms with Crippen molar-refractivity contribution in [2.45, 2.75) is 12.8 Å². The fourth-order valence-corrected chi connectivity index (χ4v) is 2.87. The van der Waals surface area contributed by atoms with E-state index in [2.05, 4.69) is 0 Å². The molecular formula is C12H11NO4S2. The molecule has 2 heterocycles. The second-order valence-corrected chi connectivity index (χ2v) is 5.52. The first kappa shape index (κ1) is 13.8. The first-order chi connectivity index (χ1) is 9.08. The van der Waals surface area contributed by atoms with Crippen LogP contribution in [0.4, 0.5) is 0 Å². The molecule has 1 aliphatic heterocycles. The largest absolute Gasteiger partial charge is 0.481 e. The van der Waals surface area contributed by atoms with Crippen molar-refractivity contribution in [1.29, 1.82) is 0 Å². The first-order valence-corrected chi connectivity index (χ1v) is 6.81. The second-order valence-electron chi connectivity index (χ2n) is 3.85. The van der Waals surface area contributed by atoms with Crippen molar-refractivity contribution >= 4 is 46.3 Å². The van der Waals surface area contributed by atoms with Gasteiger partial charge in [-0.05, 0) is 18.6 Å². The van der Waals surface area contributed by atoms with E-state index in [9.17, 15) is 9.59 Å². The Morgan fingerprint density at radius 1 is 1.58 bits per heavy atom. The number of carboxylic acids is 1. The molecule has 1 saturated heterocycles. The molecule has 1 fully saturated rings. The summed E-state index contributed by atoms with van der Waals surface area (Å²) < 4.78 is 5.60. The number of furan rings is 1. The highest BCUT2D eigenvalue weighted by Gasteiger charge is 2.31. The van der Waals surface area contributed by atoms with E-state index in [0.29, 0.717) is 28.0 Å². The molecule has 0 radical (unpaired) electrons. The number of nitrogens with zero attached hydrogens (tertiary/aromatic N) is 1. The third-order valence-electron chi connectivity index (χ3n) is 2.46. The van der Waals surface area contributed by atoms with Gasteiger partial charge >= 0.3 is 5.97 Å². The first-order valence-electron chi connectivity index (χ1n) is 5.58.